The van der Waals surface area contributed by atoms with Gasteiger partial charge >= 0.3 is 0 Å². The first-order valence-electron chi connectivity index (χ1n) is 11.3. The van der Waals surface area contributed by atoms with Crippen LogP contribution in [0.15, 0.2) is 36.5 Å². The fourth-order valence-electron chi connectivity index (χ4n) is 5.79. The van der Waals surface area contributed by atoms with Gasteiger partial charge in [-0.1, -0.05) is 30.3 Å². The molecule has 4 atom stereocenters. The average molecular weight is 441 g/mol. The molecule has 3 fully saturated rings. The Morgan fingerprint density at radius 1 is 1.38 bits per heavy atom. The van der Waals surface area contributed by atoms with E-state index in [-0.39, 0.29) is 18.0 Å². The molecule has 3 aliphatic heterocycles. The number of likely N-dealkylation sites (tertiary alicyclic amines) is 1. The standard InChI is InChI=1S/C23H30N4O2.CH2O2/c1-16-19(13-26(2)25-16)22(28)24-12-18-20-14-27(11-9-17-6-4-3-5-7-17)15-23(20)10-8-21(18)29-23;2-1-3/h3-7,13,18,20-21H,8-12,14-15H2,1-2H3,(H,24,28);1H,(H,2,3)/t18-,20+,21+,23+;/m0./s1. The number of rotatable bonds is 6. The van der Waals surface area contributed by atoms with Crippen molar-refractivity contribution in [3.63, 3.8) is 0 Å². The SMILES string of the molecule is Cc1nn(C)cc1C(=O)NC[C@H]1[C@H]2CN(CCc3ccccc3)C[C@]23CC[C@H]1O3.O=CO. The van der Waals surface area contributed by atoms with E-state index in [4.69, 9.17) is 14.6 Å². The zero-order chi connectivity index (χ0) is 22.7. The van der Waals surface area contributed by atoms with Gasteiger partial charge in [0.15, 0.2) is 0 Å². The zero-order valence-electron chi connectivity index (χ0n) is 18.7. The summed E-state index contributed by atoms with van der Waals surface area (Å²) in [5.74, 6) is 0.907. The summed E-state index contributed by atoms with van der Waals surface area (Å²) in [7, 11) is 1.85. The Labute approximate surface area is 188 Å². The van der Waals surface area contributed by atoms with Gasteiger partial charge in [0.2, 0.25) is 0 Å². The van der Waals surface area contributed by atoms with Crippen LogP contribution in [-0.2, 0) is 23.0 Å². The van der Waals surface area contributed by atoms with E-state index in [1.165, 1.54) is 5.56 Å². The molecule has 1 spiro atoms. The number of hydrogen-bond donors (Lipinski definition) is 2. The largest absolute Gasteiger partial charge is 0.483 e. The van der Waals surface area contributed by atoms with Crippen LogP contribution in [0.4, 0.5) is 0 Å². The second-order valence-corrected chi connectivity index (χ2v) is 9.12. The summed E-state index contributed by atoms with van der Waals surface area (Å²) in [6.07, 6.45) is 5.46. The number of aryl methyl sites for hydroxylation is 2. The van der Waals surface area contributed by atoms with Crippen LogP contribution in [0.3, 0.4) is 0 Å². The summed E-state index contributed by atoms with van der Waals surface area (Å²) in [5, 5.41) is 14.3. The highest BCUT2D eigenvalue weighted by molar-refractivity contribution is 5.95. The first-order chi connectivity index (χ1) is 15.5. The van der Waals surface area contributed by atoms with Gasteiger partial charge in [0.25, 0.3) is 12.4 Å². The van der Waals surface area contributed by atoms with E-state index < -0.39 is 0 Å². The Hall–Kier alpha value is -2.71. The normalized spacial score (nSPS) is 28.1. The number of nitrogens with one attached hydrogen (secondary N) is 1. The van der Waals surface area contributed by atoms with E-state index in [9.17, 15) is 4.79 Å². The van der Waals surface area contributed by atoms with E-state index in [0.717, 1.165) is 44.6 Å². The van der Waals surface area contributed by atoms with Crippen molar-refractivity contribution in [3.8, 4) is 0 Å². The highest BCUT2D eigenvalue weighted by Crippen LogP contribution is 2.54. The van der Waals surface area contributed by atoms with Crippen molar-refractivity contribution in [2.45, 2.75) is 37.9 Å². The summed E-state index contributed by atoms with van der Waals surface area (Å²) in [5.41, 5.74) is 2.85. The Balaban J connectivity index is 0.000000775. The van der Waals surface area contributed by atoms with Crippen molar-refractivity contribution in [3.05, 3.63) is 53.3 Å². The van der Waals surface area contributed by atoms with Gasteiger partial charge in [-0.05, 0) is 31.7 Å². The number of carbonyl (C=O) groups is 2. The molecule has 0 aliphatic carbocycles. The highest BCUT2D eigenvalue weighted by Gasteiger charge is 2.62. The lowest BCUT2D eigenvalue weighted by atomic mass is 9.73. The Bertz CT molecular complexity index is 947. The molecule has 1 aromatic heterocycles. The van der Waals surface area contributed by atoms with Crippen LogP contribution >= 0.6 is 0 Å². The van der Waals surface area contributed by atoms with Gasteiger partial charge < -0.3 is 15.2 Å². The van der Waals surface area contributed by atoms with E-state index in [1.54, 1.807) is 10.9 Å². The summed E-state index contributed by atoms with van der Waals surface area (Å²) in [6.45, 7) is 5.51. The molecule has 32 heavy (non-hydrogen) atoms. The van der Waals surface area contributed by atoms with E-state index in [1.807, 2.05) is 14.0 Å². The van der Waals surface area contributed by atoms with Gasteiger partial charge in [0, 0.05) is 51.3 Å². The summed E-state index contributed by atoms with van der Waals surface area (Å²) in [6, 6.07) is 10.7. The number of aromatic nitrogens is 2. The third-order valence-corrected chi connectivity index (χ3v) is 7.17. The third kappa shape index (κ3) is 4.42. The number of amides is 1. The molecule has 4 heterocycles. The molecule has 1 aromatic carbocycles. The monoisotopic (exact) mass is 440 g/mol. The number of fused-ring (bicyclic) bond motifs is 1. The Morgan fingerprint density at radius 3 is 2.81 bits per heavy atom. The number of carbonyl (C=O) groups excluding carboxylic acids is 1. The van der Waals surface area contributed by atoms with Crippen molar-refractivity contribution in [1.82, 2.24) is 20.0 Å². The van der Waals surface area contributed by atoms with Crippen LogP contribution in [0.1, 0.15) is 34.5 Å². The van der Waals surface area contributed by atoms with Crippen molar-refractivity contribution in [2.75, 3.05) is 26.2 Å². The minimum Gasteiger partial charge on any atom is -0.483 e. The minimum absolute atomic E-state index is 0.0148. The molecule has 3 aliphatic rings. The molecule has 8 heteroatoms. The third-order valence-electron chi connectivity index (χ3n) is 7.17. The van der Waals surface area contributed by atoms with Gasteiger partial charge in [-0.2, -0.15) is 5.10 Å². The van der Waals surface area contributed by atoms with Gasteiger partial charge in [-0.15, -0.1) is 0 Å². The predicted octanol–water partition coefficient (Wildman–Crippen LogP) is 1.88. The lowest BCUT2D eigenvalue weighted by Gasteiger charge is -2.29. The van der Waals surface area contributed by atoms with Crippen LogP contribution in [-0.4, -0.2) is 70.1 Å². The smallest absolute Gasteiger partial charge is 0.290 e. The van der Waals surface area contributed by atoms with Crippen LogP contribution in [0, 0.1) is 18.8 Å². The van der Waals surface area contributed by atoms with Gasteiger partial charge in [-0.3, -0.25) is 19.2 Å². The maximum Gasteiger partial charge on any atom is 0.290 e. The average Bonchev–Trinajstić information content (AvgIpc) is 3.51. The number of hydrogen-bond acceptors (Lipinski definition) is 5. The van der Waals surface area contributed by atoms with Crippen LogP contribution in [0.25, 0.3) is 0 Å². The Morgan fingerprint density at radius 2 is 2.12 bits per heavy atom. The predicted molar refractivity (Wildman–Crippen MR) is 119 cm³/mol. The molecule has 172 valence electrons. The molecule has 0 unspecified atom stereocenters. The fraction of sp³-hybridized carbons (Fsp3) is 0.542. The molecular formula is C24H32N4O4. The molecule has 1 amide bonds. The molecule has 8 nitrogen and oxygen atoms in total. The molecule has 2 N–H and O–H groups in total. The second-order valence-electron chi connectivity index (χ2n) is 9.12. The topological polar surface area (TPSA) is 96.7 Å². The van der Waals surface area contributed by atoms with Crippen molar-refractivity contribution < 1.29 is 19.4 Å². The van der Waals surface area contributed by atoms with Crippen molar-refractivity contribution >= 4 is 12.4 Å². The summed E-state index contributed by atoms with van der Waals surface area (Å²) in [4.78, 5) is 23.6. The van der Waals surface area contributed by atoms with Crippen LogP contribution in [0.2, 0.25) is 0 Å². The molecule has 2 aromatic rings. The maximum absolute atomic E-state index is 12.6. The second kappa shape index (κ2) is 9.42. The maximum atomic E-state index is 12.6. The Kier molecular flexibility index (Phi) is 6.62. The molecule has 0 saturated carbocycles. The lowest BCUT2D eigenvalue weighted by Crippen LogP contribution is -2.42. The highest BCUT2D eigenvalue weighted by atomic mass is 16.5. The zero-order valence-corrected chi connectivity index (χ0v) is 18.7. The lowest BCUT2D eigenvalue weighted by molar-refractivity contribution is -0.122. The molecule has 2 bridgehead atoms. The van der Waals surface area contributed by atoms with Crippen LogP contribution < -0.4 is 5.32 Å². The summed E-state index contributed by atoms with van der Waals surface area (Å²) < 4.78 is 8.23. The van der Waals surface area contributed by atoms with E-state index in [0.29, 0.717) is 30.0 Å². The molecular weight excluding hydrogens is 408 g/mol. The molecule has 3 saturated heterocycles. The van der Waals surface area contributed by atoms with Crippen LogP contribution in [0.5, 0.6) is 0 Å². The van der Waals surface area contributed by atoms with Gasteiger partial charge in [0.05, 0.1) is 23.0 Å². The van der Waals surface area contributed by atoms with Gasteiger partial charge in [0.1, 0.15) is 0 Å². The van der Waals surface area contributed by atoms with Crippen molar-refractivity contribution in [1.29, 1.82) is 0 Å². The number of nitrogens with zero attached hydrogens (tertiary/aromatic N) is 3. The van der Waals surface area contributed by atoms with Gasteiger partial charge in [-0.25, -0.2) is 0 Å². The fourth-order valence-corrected chi connectivity index (χ4v) is 5.79. The van der Waals surface area contributed by atoms with E-state index >= 15 is 0 Å². The first-order valence-corrected chi connectivity index (χ1v) is 11.3. The molecule has 0 radical (unpaired) electrons. The quantitative estimate of drug-likeness (QED) is 0.666. The number of ether oxygens (including phenoxy) is 1. The summed E-state index contributed by atoms with van der Waals surface area (Å²) >= 11 is 0. The van der Waals surface area contributed by atoms with E-state index in [2.05, 4.69) is 45.6 Å². The minimum atomic E-state index is -0.250. The number of benzene rings is 1. The number of carboxylic acid groups (broad SMARTS) is 1. The molecule has 5 rings (SSSR count). The van der Waals surface area contributed by atoms with Crippen molar-refractivity contribution in [2.24, 2.45) is 18.9 Å². The first kappa shape index (κ1) is 22.5.